The molecule has 0 atom stereocenters. The molecule has 132 valence electrons. The van der Waals surface area contributed by atoms with Gasteiger partial charge in [-0.1, -0.05) is 11.3 Å². The second-order valence-corrected chi connectivity index (χ2v) is 6.89. The number of rotatable bonds is 5. The number of carbonyl (C=O) groups excluding carboxylic acids is 1. The maximum Gasteiger partial charge on any atom is 0.251 e. The molecule has 0 aliphatic rings. The van der Waals surface area contributed by atoms with E-state index in [2.05, 4.69) is 9.72 Å². The van der Waals surface area contributed by atoms with Crippen LogP contribution in [-0.2, 0) is 0 Å². The van der Waals surface area contributed by atoms with Crippen molar-refractivity contribution in [3.05, 3.63) is 54.2 Å². The van der Waals surface area contributed by atoms with Gasteiger partial charge in [0.15, 0.2) is 4.96 Å². The first-order valence-electron chi connectivity index (χ1n) is 8.62. The fraction of sp³-hybridized carbons (Fsp3) is 0.200. The molecule has 0 fully saturated rings. The smallest absolute Gasteiger partial charge is 0.251 e. The number of hydrogen-bond acceptors (Lipinski definition) is 4. The van der Waals surface area contributed by atoms with Crippen LogP contribution in [0, 0.1) is 0 Å². The van der Waals surface area contributed by atoms with Crippen LogP contribution in [0.2, 0.25) is 0 Å². The Morgan fingerprint density at radius 2 is 2.00 bits per heavy atom. The van der Waals surface area contributed by atoms with Crippen molar-refractivity contribution in [1.82, 2.24) is 14.7 Å². The lowest BCUT2D eigenvalue weighted by molar-refractivity contribution is 0.0956. The Bertz CT molecular complexity index is 1080. The Morgan fingerprint density at radius 1 is 1.19 bits per heavy atom. The lowest BCUT2D eigenvalue weighted by Crippen LogP contribution is -2.22. The Morgan fingerprint density at radius 3 is 2.73 bits per heavy atom. The van der Waals surface area contributed by atoms with Gasteiger partial charge < -0.3 is 10.1 Å². The molecule has 0 unspecified atom stereocenters. The third-order valence-electron chi connectivity index (χ3n) is 4.15. The van der Waals surface area contributed by atoms with Gasteiger partial charge in [0.2, 0.25) is 0 Å². The summed E-state index contributed by atoms with van der Waals surface area (Å²) in [5.74, 6) is 0.816. The molecule has 2 heterocycles. The van der Waals surface area contributed by atoms with E-state index in [1.165, 1.54) is 0 Å². The molecule has 5 nitrogen and oxygen atoms in total. The molecule has 26 heavy (non-hydrogen) atoms. The van der Waals surface area contributed by atoms with Crippen molar-refractivity contribution in [2.75, 3.05) is 13.2 Å². The Kier molecular flexibility index (Phi) is 4.34. The van der Waals surface area contributed by atoms with Crippen LogP contribution >= 0.6 is 11.3 Å². The number of fused-ring (bicyclic) bond motifs is 3. The van der Waals surface area contributed by atoms with Crippen LogP contribution in [0.5, 0.6) is 5.75 Å². The van der Waals surface area contributed by atoms with Crippen LogP contribution in [0.25, 0.3) is 26.4 Å². The van der Waals surface area contributed by atoms with Crippen LogP contribution in [0.4, 0.5) is 0 Å². The van der Waals surface area contributed by atoms with Gasteiger partial charge in [-0.3, -0.25) is 9.20 Å². The fourth-order valence-electron chi connectivity index (χ4n) is 2.93. The van der Waals surface area contributed by atoms with Crippen molar-refractivity contribution >= 4 is 32.4 Å². The predicted octanol–water partition coefficient (Wildman–Crippen LogP) is 4.36. The lowest BCUT2D eigenvalue weighted by atomic mass is 10.1. The molecular formula is C20H19N3O2S. The van der Waals surface area contributed by atoms with Crippen molar-refractivity contribution in [1.29, 1.82) is 0 Å². The zero-order chi connectivity index (χ0) is 18.1. The maximum absolute atomic E-state index is 12.0. The summed E-state index contributed by atoms with van der Waals surface area (Å²) in [6.45, 7) is 5.16. The van der Waals surface area contributed by atoms with Crippen LogP contribution in [0.3, 0.4) is 0 Å². The number of nitrogens with zero attached hydrogens (tertiary/aromatic N) is 2. The van der Waals surface area contributed by atoms with Crippen molar-refractivity contribution in [2.45, 2.75) is 13.8 Å². The van der Waals surface area contributed by atoms with Gasteiger partial charge in [0.25, 0.3) is 5.91 Å². The van der Waals surface area contributed by atoms with E-state index in [4.69, 9.17) is 9.72 Å². The van der Waals surface area contributed by atoms with E-state index in [1.54, 1.807) is 11.3 Å². The van der Waals surface area contributed by atoms with Crippen molar-refractivity contribution < 1.29 is 9.53 Å². The molecule has 1 amide bonds. The SMILES string of the molecule is CCNC(=O)c1ccc2c(c1)sc1nc(-c3ccc(OCC)cc3)cn12. The summed E-state index contributed by atoms with van der Waals surface area (Å²) < 4.78 is 8.62. The number of imidazole rings is 1. The summed E-state index contributed by atoms with van der Waals surface area (Å²) in [6.07, 6.45) is 2.04. The Hall–Kier alpha value is -2.86. The molecule has 0 spiro atoms. The molecule has 1 N–H and O–H groups in total. The van der Waals surface area contributed by atoms with E-state index < -0.39 is 0 Å². The molecule has 0 saturated carbocycles. The summed E-state index contributed by atoms with van der Waals surface area (Å²) >= 11 is 1.59. The van der Waals surface area contributed by atoms with E-state index >= 15 is 0 Å². The van der Waals surface area contributed by atoms with Crippen molar-refractivity contribution in [3.8, 4) is 17.0 Å². The minimum atomic E-state index is -0.0458. The molecule has 0 radical (unpaired) electrons. The molecule has 6 heteroatoms. The number of thiazole rings is 1. The largest absolute Gasteiger partial charge is 0.494 e. The first-order valence-corrected chi connectivity index (χ1v) is 9.44. The Balaban J connectivity index is 1.70. The Labute approximate surface area is 155 Å². The van der Waals surface area contributed by atoms with Gasteiger partial charge in [0, 0.05) is 23.9 Å². The predicted molar refractivity (Wildman–Crippen MR) is 105 cm³/mol. The van der Waals surface area contributed by atoms with Gasteiger partial charge in [-0.25, -0.2) is 4.98 Å². The van der Waals surface area contributed by atoms with E-state index in [1.807, 2.05) is 62.5 Å². The first-order chi connectivity index (χ1) is 12.7. The van der Waals surface area contributed by atoms with E-state index in [-0.39, 0.29) is 5.91 Å². The minimum Gasteiger partial charge on any atom is -0.494 e. The molecule has 0 aliphatic carbocycles. The third-order valence-corrected chi connectivity index (χ3v) is 5.17. The summed E-state index contributed by atoms with van der Waals surface area (Å²) in [5.41, 5.74) is 3.71. The second kappa shape index (κ2) is 6.80. The number of hydrogen-bond donors (Lipinski definition) is 1. The zero-order valence-electron chi connectivity index (χ0n) is 14.7. The van der Waals surface area contributed by atoms with Gasteiger partial charge in [-0.05, 0) is 56.3 Å². The number of carbonyl (C=O) groups is 1. The summed E-state index contributed by atoms with van der Waals surface area (Å²) in [5, 5.41) is 2.83. The van der Waals surface area contributed by atoms with Gasteiger partial charge in [-0.2, -0.15) is 0 Å². The molecule has 0 aliphatic heterocycles. The highest BCUT2D eigenvalue weighted by molar-refractivity contribution is 7.23. The summed E-state index contributed by atoms with van der Waals surface area (Å²) in [4.78, 5) is 17.7. The van der Waals surface area contributed by atoms with E-state index in [0.29, 0.717) is 18.7 Å². The molecule has 2 aromatic carbocycles. The average Bonchev–Trinajstić information content (AvgIpc) is 3.20. The lowest BCUT2D eigenvalue weighted by Gasteiger charge is -2.03. The second-order valence-electron chi connectivity index (χ2n) is 5.88. The molecular weight excluding hydrogens is 346 g/mol. The zero-order valence-corrected chi connectivity index (χ0v) is 15.5. The number of nitrogens with one attached hydrogen (secondary N) is 1. The minimum absolute atomic E-state index is 0.0458. The fourth-order valence-corrected chi connectivity index (χ4v) is 3.98. The number of ether oxygens (including phenoxy) is 1. The highest BCUT2D eigenvalue weighted by Crippen LogP contribution is 2.30. The van der Waals surface area contributed by atoms with Gasteiger partial charge >= 0.3 is 0 Å². The maximum atomic E-state index is 12.0. The summed E-state index contributed by atoms with van der Waals surface area (Å²) in [6, 6.07) is 13.7. The monoisotopic (exact) mass is 365 g/mol. The molecule has 4 aromatic rings. The molecule has 2 aromatic heterocycles. The normalized spacial score (nSPS) is 11.2. The highest BCUT2D eigenvalue weighted by Gasteiger charge is 2.12. The van der Waals surface area contributed by atoms with Crippen LogP contribution < -0.4 is 10.1 Å². The number of benzene rings is 2. The van der Waals surface area contributed by atoms with Crippen molar-refractivity contribution in [3.63, 3.8) is 0 Å². The number of amides is 1. The van der Waals surface area contributed by atoms with Crippen LogP contribution in [0.1, 0.15) is 24.2 Å². The van der Waals surface area contributed by atoms with Crippen LogP contribution in [-0.4, -0.2) is 28.4 Å². The highest BCUT2D eigenvalue weighted by atomic mass is 32.1. The van der Waals surface area contributed by atoms with Gasteiger partial charge in [0.1, 0.15) is 5.75 Å². The standard InChI is InChI=1S/C20H19N3O2S/c1-3-21-19(24)14-7-10-17-18(11-14)26-20-22-16(12-23(17)20)13-5-8-15(9-6-13)25-4-2/h5-12H,3-4H2,1-2H3,(H,21,24). The topological polar surface area (TPSA) is 55.6 Å². The van der Waals surface area contributed by atoms with Gasteiger partial charge in [-0.15, -0.1) is 0 Å². The van der Waals surface area contributed by atoms with Gasteiger partial charge in [0.05, 0.1) is 22.5 Å². The number of aromatic nitrogens is 2. The molecule has 0 bridgehead atoms. The average molecular weight is 365 g/mol. The quantitative estimate of drug-likeness (QED) is 0.571. The van der Waals surface area contributed by atoms with E-state index in [0.717, 1.165) is 32.2 Å². The van der Waals surface area contributed by atoms with Crippen LogP contribution in [0.15, 0.2) is 48.7 Å². The van der Waals surface area contributed by atoms with E-state index in [9.17, 15) is 4.79 Å². The van der Waals surface area contributed by atoms with Crippen molar-refractivity contribution in [2.24, 2.45) is 0 Å². The third kappa shape index (κ3) is 2.93. The molecule has 4 rings (SSSR count). The first kappa shape index (κ1) is 16.6. The summed E-state index contributed by atoms with van der Waals surface area (Å²) in [7, 11) is 0. The molecule has 0 saturated heterocycles.